The molecule has 1 saturated carbocycles. The second-order valence-corrected chi connectivity index (χ2v) is 5.57. The molecule has 1 fully saturated rings. The van der Waals surface area contributed by atoms with Crippen molar-refractivity contribution in [3.8, 4) is 0 Å². The summed E-state index contributed by atoms with van der Waals surface area (Å²) in [6, 6.07) is 5.62. The molecule has 0 spiro atoms. The smallest absolute Gasteiger partial charge is 0.253 e. The molecule has 2 rings (SSSR count). The number of benzene rings is 1. The van der Waals surface area contributed by atoms with Crippen LogP contribution in [0.4, 0.5) is 5.69 Å². The van der Waals surface area contributed by atoms with Crippen LogP contribution in [-0.4, -0.2) is 12.5 Å². The van der Waals surface area contributed by atoms with Crippen molar-refractivity contribution in [1.29, 1.82) is 0 Å². The van der Waals surface area contributed by atoms with Crippen LogP contribution in [0.5, 0.6) is 0 Å². The number of hydrogen-bond donors (Lipinski definition) is 3. The molecule has 0 radical (unpaired) electrons. The number of nitrogen functional groups attached to an aromatic ring is 1. The van der Waals surface area contributed by atoms with Crippen molar-refractivity contribution in [2.24, 2.45) is 17.7 Å². The zero-order valence-corrected chi connectivity index (χ0v) is 11.7. The number of hydrazine groups is 1. The lowest BCUT2D eigenvalue weighted by Crippen LogP contribution is -2.31. The summed E-state index contributed by atoms with van der Waals surface area (Å²) in [5.74, 6) is 6.75. The molecule has 0 aliphatic heterocycles. The Bertz CT molecular complexity index is 459. The number of hydrogen-bond acceptors (Lipinski definition) is 3. The van der Waals surface area contributed by atoms with E-state index in [1.54, 1.807) is 0 Å². The van der Waals surface area contributed by atoms with Gasteiger partial charge >= 0.3 is 0 Å². The van der Waals surface area contributed by atoms with E-state index in [9.17, 15) is 4.79 Å². The number of carbonyl (C=O) groups excluding carboxylic acids is 1. The summed E-state index contributed by atoms with van der Waals surface area (Å²) in [7, 11) is 0. The predicted molar refractivity (Wildman–Crippen MR) is 77.8 cm³/mol. The summed E-state index contributed by atoms with van der Waals surface area (Å²) in [6.45, 7) is 5.00. The van der Waals surface area contributed by atoms with Crippen molar-refractivity contribution in [3.63, 3.8) is 0 Å². The van der Waals surface area contributed by atoms with Crippen molar-refractivity contribution in [2.45, 2.75) is 33.1 Å². The molecule has 1 aliphatic rings. The lowest BCUT2D eigenvalue weighted by Gasteiger charge is -2.17. The van der Waals surface area contributed by atoms with Crippen molar-refractivity contribution in [2.75, 3.05) is 12.0 Å². The average molecular weight is 261 g/mol. The number of rotatable bonds is 4. The molecule has 0 bridgehead atoms. The third-order valence-electron chi connectivity index (χ3n) is 4.14. The lowest BCUT2D eigenvalue weighted by atomic mass is 9.98. The molecule has 19 heavy (non-hydrogen) atoms. The minimum Gasteiger partial charge on any atom is -0.352 e. The molecule has 1 aromatic rings. The SMILES string of the molecule is Cc1ccc(C(=O)NCC2CCCC2C)c(NN)c1. The van der Waals surface area contributed by atoms with Gasteiger partial charge < -0.3 is 10.7 Å². The van der Waals surface area contributed by atoms with Gasteiger partial charge in [-0.05, 0) is 42.9 Å². The van der Waals surface area contributed by atoms with Gasteiger partial charge in [0.05, 0.1) is 11.3 Å². The Balaban J connectivity index is 1.99. The molecule has 1 aliphatic carbocycles. The van der Waals surface area contributed by atoms with Gasteiger partial charge in [-0.1, -0.05) is 25.8 Å². The zero-order valence-electron chi connectivity index (χ0n) is 11.7. The molecule has 2 atom stereocenters. The van der Waals surface area contributed by atoms with Gasteiger partial charge in [0.15, 0.2) is 0 Å². The summed E-state index contributed by atoms with van der Waals surface area (Å²) in [5.41, 5.74) is 4.96. The normalized spacial score (nSPS) is 22.3. The van der Waals surface area contributed by atoms with Gasteiger partial charge in [0.25, 0.3) is 5.91 Å². The van der Waals surface area contributed by atoms with Crippen molar-refractivity contribution < 1.29 is 4.79 Å². The molecule has 0 aromatic heterocycles. The van der Waals surface area contributed by atoms with Gasteiger partial charge in [-0.25, -0.2) is 0 Å². The zero-order chi connectivity index (χ0) is 13.8. The number of anilines is 1. The van der Waals surface area contributed by atoms with E-state index in [-0.39, 0.29) is 5.91 Å². The molecule has 1 aromatic carbocycles. The minimum atomic E-state index is -0.0490. The highest BCUT2D eigenvalue weighted by Crippen LogP contribution is 2.30. The van der Waals surface area contributed by atoms with Crippen LogP contribution in [0.3, 0.4) is 0 Å². The average Bonchev–Trinajstić information content (AvgIpc) is 2.81. The van der Waals surface area contributed by atoms with Gasteiger partial charge in [0.1, 0.15) is 0 Å². The van der Waals surface area contributed by atoms with Gasteiger partial charge in [-0.15, -0.1) is 0 Å². The number of nitrogens with two attached hydrogens (primary N) is 1. The van der Waals surface area contributed by atoms with Crippen LogP contribution in [0.25, 0.3) is 0 Å². The molecule has 4 N–H and O–H groups in total. The standard InChI is InChI=1S/C15H23N3O/c1-10-6-7-13(14(8-10)18-16)15(19)17-9-12-5-3-4-11(12)2/h6-8,11-12,18H,3-5,9,16H2,1-2H3,(H,17,19). The molecule has 0 heterocycles. The first kappa shape index (κ1) is 13.9. The van der Waals surface area contributed by atoms with E-state index in [0.717, 1.165) is 12.1 Å². The van der Waals surface area contributed by atoms with Crippen molar-refractivity contribution >= 4 is 11.6 Å². The van der Waals surface area contributed by atoms with Crippen LogP contribution in [0.15, 0.2) is 18.2 Å². The first-order valence-corrected chi connectivity index (χ1v) is 6.97. The van der Waals surface area contributed by atoms with Crippen LogP contribution >= 0.6 is 0 Å². The quantitative estimate of drug-likeness (QED) is 0.576. The number of carbonyl (C=O) groups is 1. The van der Waals surface area contributed by atoms with E-state index in [2.05, 4.69) is 17.7 Å². The van der Waals surface area contributed by atoms with Crippen LogP contribution < -0.4 is 16.6 Å². The number of amides is 1. The van der Waals surface area contributed by atoms with Crippen molar-refractivity contribution in [3.05, 3.63) is 29.3 Å². The van der Waals surface area contributed by atoms with Crippen LogP contribution in [-0.2, 0) is 0 Å². The lowest BCUT2D eigenvalue weighted by molar-refractivity contribution is 0.0945. The molecular weight excluding hydrogens is 238 g/mol. The van der Waals surface area contributed by atoms with Gasteiger partial charge in [0, 0.05) is 6.54 Å². The molecular formula is C15H23N3O. The highest BCUT2D eigenvalue weighted by molar-refractivity contribution is 5.99. The maximum Gasteiger partial charge on any atom is 0.253 e. The van der Waals surface area contributed by atoms with Crippen LogP contribution in [0.2, 0.25) is 0 Å². The molecule has 4 heteroatoms. The van der Waals surface area contributed by atoms with Gasteiger partial charge in [-0.3, -0.25) is 10.6 Å². The van der Waals surface area contributed by atoms with E-state index in [0.29, 0.717) is 23.1 Å². The summed E-state index contributed by atoms with van der Waals surface area (Å²) in [6.07, 6.45) is 3.78. The van der Waals surface area contributed by atoms with Crippen molar-refractivity contribution in [1.82, 2.24) is 5.32 Å². The summed E-state index contributed by atoms with van der Waals surface area (Å²) in [4.78, 5) is 12.2. The van der Waals surface area contributed by atoms with E-state index in [4.69, 9.17) is 5.84 Å². The van der Waals surface area contributed by atoms with Gasteiger partial charge in [0.2, 0.25) is 0 Å². The van der Waals surface area contributed by atoms with Crippen LogP contribution in [0.1, 0.15) is 42.1 Å². The topological polar surface area (TPSA) is 67.2 Å². The predicted octanol–water partition coefficient (Wildman–Crippen LogP) is 2.45. The van der Waals surface area contributed by atoms with E-state index in [1.807, 2.05) is 25.1 Å². The summed E-state index contributed by atoms with van der Waals surface area (Å²) in [5, 5.41) is 3.03. The van der Waals surface area contributed by atoms with E-state index >= 15 is 0 Å². The number of aryl methyl sites for hydroxylation is 1. The Morgan fingerprint density at radius 2 is 2.21 bits per heavy atom. The molecule has 4 nitrogen and oxygen atoms in total. The third kappa shape index (κ3) is 3.26. The fourth-order valence-electron chi connectivity index (χ4n) is 2.82. The largest absolute Gasteiger partial charge is 0.352 e. The Morgan fingerprint density at radius 1 is 1.42 bits per heavy atom. The monoisotopic (exact) mass is 261 g/mol. The maximum absolute atomic E-state index is 12.2. The Kier molecular flexibility index (Phi) is 4.43. The molecule has 2 unspecified atom stereocenters. The molecule has 0 saturated heterocycles. The minimum absolute atomic E-state index is 0.0490. The molecule has 1 amide bonds. The van der Waals surface area contributed by atoms with E-state index < -0.39 is 0 Å². The second-order valence-electron chi connectivity index (χ2n) is 5.57. The summed E-state index contributed by atoms with van der Waals surface area (Å²) < 4.78 is 0. The van der Waals surface area contributed by atoms with Crippen LogP contribution in [0, 0.1) is 18.8 Å². The fourth-order valence-corrected chi connectivity index (χ4v) is 2.82. The maximum atomic E-state index is 12.2. The van der Waals surface area contributed by atoms with Gasteiger partial charge in [-0.2, -0.15) is 0 Å². The second kappa shape index (κ2) is 6.06. The first-order valence-electron chi connectivity index (χ1n) is 6.97. The Labute approximate surface area is 114 Å². The number of nitrogens with one attached hydrogen (secondary N) is 2. The Hall–Kier alpha value is -1.55. The summed E-state index contributed by atoms with van der Waals surface area (Å²) >= 11 is 0. The highest BCUT2D eigenvalue weighted by Gasteiger charge is 2.24. The van der Waals surface area contributed by atoms with E-state index in [1.165, 1.54) is 19.3 Å². The Morgan fingerprint density at radius 3 is 2.84 bits per heavy atom. The first-order chi connectivity index (χ1) is 9.11. The fraction of sp³-hybridized carbons (Fsp3) is 0.533. The third-order valence-corrected chi connectivity index (χ3v) is 4.14. The molecule has 104 valence electrons. The highest BCUT2D eigenvalue weighted by atomic mass is 16.1.